The van der Waals surface area contributed by atoms with Crippen LogP contribution in [-0.4, -0.2) is 31.8 Å². The van der Waals surface area contributed by atoms with Crippen LogP contribution in [0.2, 0.25) is 0 Å². The van der Waals surface area contributed by atoms with E-state index in [0.29, 0.717) is 22.9 Å². The predicted octanol–water partition coefficient (Wildman–Crippen LogP) is 4.83. The number of thioether (sulfide) groups is 1. The van der Waals surface area contributed by atoms with Gasteiger partial charge in [-0.15, -0.1) is 11.8 Å². The Labute approximate surface area is 183 Å². The summed E-state index contributed by atoms with van der Waals surface area (Å²) >= 11 is 1.31. The molecule has 3 rings (SSSR count). The molecule has 160 valence electrons. The average Bonchev–Trinajstić information content (AvgIpc) is 2.78. The molecule has 31 heavy (non-hydrogen) atoms. The summed E-state index contributed by atoms with van der Waals surface area (Å²) in [5.41, 5.74) is 1.02. The van der Waals surface area contributed by atoms with Gasteiger partial charge in [0.15, 0.2) is 0 Å². The van der Waals surface area contributed by atoms with Crippen molar-refractivity contribution in [1.29, 1.82) is 0 Å². The van der Waals surface area contributed by atoms with E-state index in [4.69, 9.17) is 9.47 Å². The first-order chi connectivity index (χ1) is 15.0. The Kier molecular flexibility index (Phi) is 7.50. The number of nitrogens with one attached hydrogen (secondary N) is 2. The molecule has 0 fully saturated rings. The monoisotopic (exact) mass is 440 g/mol. The zero-order valence-corrected chi connectivity index (χ0v) is 17.8. The van der Waals surface area contributed by atoms with E-state index in [1.54, 1.807) is 49.6 Å². The topological polar surface area (TPSA) is 76.7 Å². The number of benzene rings is 3. The van der Waals surface area contributed by atoms with Gasteiger partial charge < -0.3 is 20.1 Å². The first kappa shape index (κ1) is 22.2. The van der Waals surface area contributed by atoms with Gasteiger partial charge in [-0.25, -0.2) is 4.39 Å². The number of methoxy groups -OCH3 is 2. The van der Waals surface area contributed by atoms with Crippen LogP contribution in [0.3, 0.4) is 0 Å². The van der Waals surface area contributed by atoms with Crippen molar-refractivity contribution in [3.8, 4) is 11.5 Å². The third-order valence-corrected chi connectivity index (χ3v) is 5.26. The zero-order valence-electron chi connectivity index (χ0n) is 17.0. The molecule has 0 aliphatic carbocycles. The third kappa shape index (κ3) is 5.99. The lowest BCUT2D eigenvalue weighted by atomic mass is 10.2. The highest BCUT2D eigenvalue weighted by Crippen LogP contribution is 2.29. The van der Waals surface area contributed by atoms with Gasteiger partial charge in [0.1, 0.15) is 17.3 Å². The van der Waals surface area contributed by atoms with Gasteiger partial charge in [-0.2, -0.15) is 0 Å². The highest BCUT2D eigenvalue weighted by Gasteiger charge is 2.12. The summed E-state index contributed by atoms with van der Waals surface area (Å²) in [4.78, 5) is 25.4. The Morgan fingerprint density at radius 3 is 2.48 bits per heavy atom. The van der Waals surface area contributed by atoms with Gasteiger partial charge in [-0.05, 0) is 42.5 Å². The fourth-order valence-electron chi connectivity index (χ4n) is 2.74. The summed E-state index contributed by atoms with van der Waals surface area (Å²) in [6, 6.07) is 17.9. The first-order valence-corrected chi connectivity index (χ1v) is 10.3. The lowest BCUT2D eigenvalue weighted by molar-refractivity contribution is -0.113. The Balaban J connectivity index is 1.59. The van der Waals surface area contributed by atoms with Crippen LogP contribution in [0.5, 0.6) is 11.5 Å². The predicted molar refractivity (Wildman–Crippen MR) is 120 cm³/mol. The molecule has 0 aromatic heterocycles. The van der Waals surface area contributed by atoms with Crippen LogP contribution >= 0.6 is 11.8 Å². The minimum atomic E-state index is -0.587. The second kappa shape index (κ2) is 10.5. The van der Waals surface area contributed by atoms with Crippen LogP contribution in [0.1, 0.15) is 10.4 Å². The third-order valence-electron chi connectivity index (χ3n) is 4.26. The number of amides is 2. The molecular weight excluding hydrogens is 419 g/mol. The maximum atomic E-state index is 13.8. The number of anilines is 2. The Morgan fingerprint density at radius 2 is 1.74 bits per heavy atom. The Bertz CT molecular complexity index is 1090. The minimum absolute atomic E-state index is 0.0339. The number of carbonyl (C=O) groups excluding carboxylic acids is 2. The van der Waals surface area contributed by atoms with Crippen LogP contribution < -0.4 is 20.1 Å². The lowest BCUT2D eigenvalue weighted by Crippen LogP contribution is -2.15. The summed E-state index contributed by atoms with van der Waals surface area (Å²) in [5, 5.41) is 5.48. The minimum Gasteiger partial charge on any atom is -0.497 e. The van der Waals surface area contributed by atoms with E-state index in [-0.39, 0.29) is 17.2 Å². The van der Waals surface area contributed by atoms with Crippen molar-refractivity contribution in [1.82, 2.24) is 0 Å². The van der Waals surface area contributed by atoms with E-state index < -0.39 is 11.7 Å². The molecule has 0 saturated carbocycles. The number of carbonyl (C=O) groups is 2. The van der Waals surface area contributed by atoms with Gasteiger partial charge in [-0.1, -0.05) is 18.2 Å². The second-order valence-electron chi connectivity index (χ2n) is 6.36. The number of ether oxygens (including phenoxy) is 2. The van der Waals surface area contributed by atoms with Crippen LogP contribution in [0.15, 0.2) is 71.6 Å². The van der Waals surface area contributed by atoms with Crippen LogP contribution in [0.4, 0.5) is 15.8 Å². The van der Waals surface area contributed by atoms with Gasteiger partial charge in [-0.3, -0.25) is 9.59 Å². The fourth-order valence-corrected chi connectivity index (χ4v) is 3.50. The van der Waals surface area contributed by atoms with E-state index in [0.717, 1.165) is 4.90 Å². The van der Waals surface area contributed by atoms with Crippen LogP contribution in [0, 0.1) is 5.82 Å². The molecule has 0 aliphatic heterocycles. The van der Waals surface area contributed by atoms with E-state index in [1.165, 1.54) is 37.1 Å². The molecule has 0 spiro atoms. The summed E-state index contributed by atoms with van der Waals surface area (Å²) < 4.78 is 24.2. The number of halogens is 1. The van der Waals surface area contributed by atoms with E-state index in [1.807, 2.05) is 6.07 Å². The smallest absolute Gasteiger partial charge is 0.258 e. The summed E-state index contributed by atoms with van der Waals surface area (Å²) in [6.07, 6.45) is 0. The highest BCUT2D eigenvalue weighted by molar-refractivity contribution is 8.00. The second-order valence-corrected chi connectivity index (χ2v) is 7.41. The molecule has 3 aromatic carbocycles. The molecule has 3 aromatic rings. The van der Waals surface area contributed by atoms with E-state index in [9.17, 15) is 14.0 Å². The summed E-state index contributed by atoms with van der Waals surface area (Å²) in [7, 11) is 3.07. The zero-order chi connectivity index (χ0) is 22.2. The van der Waals surface area contributed by atoms with Gasteiger partial charge in [0.25, 0.3) is 5.91 Å². The van der Waals surface area contributed by atoms with Crippen molar-refractivity contribution in [2.45, 2.75) is 4.90 Å². The number of rotatable bonds is 8. The lowest BCUT2D eigenvalue weighted by Gasteiger charge is -2.12. The molecule has 0 atom stereocenters. The van der Waals surface area contributed by atoms with Crippen molar-refractivity contribution in [2.75, 3.05) is 30.6 Å². The maximum Gasteiger partial charge on any atom is 0.258 e. The normalized spacial score (nSPS) is 10.3. The molecule has 0 bridgehead atoms. The quantitative estimate of drug-likeness (QED) is 0.491. The summed E-state index contributed by atoms with van der Waals surface area (Å²) in [5.74, 6) is -0.0658. The largest absolute Gasteiger partial charge is 0.497 e. The molecule has 0 saturated heterocycles. The maximum absolute atomic E-state index is 13.8. The van der Waals surface area contributed by atoms with Gasteiger partial charge in [0.05, 0.1) is 31.2 Å². The molecule has 0 aliphatic rings. The number of hydrogen-bond acceptors (Lipinski definition) is 5. The summed E-state index contributed by atoms with van der Waals surface area (Å²) in [6.45, 7) is 0. The van der Waals surface area contributed by atoms with Crippen molar-refractivity contribution >= 4 is 35.0 Å². The van der Waals surface area contributed by atoms with E-state index >= 15 is 0 Å². The molecule has 6 nitrogen and oxygen atoms in total. The van der Waals surface area contributed by atoms with Crippen molar-refractivity contribution in [3.63, 3.8) is 0 Å². The van der Waals surface area contributed by atoms with Crippen LogP contribution in [0.25, 0.3) is 0 Å². The number of hydrogen-bond donors (Lipinski definition) is 2. The molecule has 0 unspecified atom stereocenters. The fraction of sp³-hybridized carbons (Fsp3) is 0.130. The highest BCUT2D eigenvalue weighted by atomic mass is 32.2. The van der Waals surface area contributed by atoms with Crippen molar-refractivity contribution < 1.29 is 23.5 Å². The van der Waals surface area contributed by atoms with Gasteiger partial charge in [0.2, 0.25) is 5.91 Å². The van der Waals surface area contributed by atoms with Gasteiger partial charge in [0, 0.05) is 16.6 Å². The average molecular weight is 440 g/mol. The molecule has 8 heteroatoms. The standard InChI is InChI=1S/C23H21FN2O4S/c1-29-16-10-11-20(21(13-16)30-2)26-22(27)14-31-17-7-5-6-15(12-17)25-23(28)18-8-3-4-9-19(18)24/h3-13H,14H2,1-2H3,(H,25,28)(H,26,27). The molecule has 2 N–H and O–H groups in total. The van der Waals surface area contributed by atoms with E-state index in [2.05, 4.69) is 10.6 Å². The van der Waals surface area contributed by atoms with Crippen LogP contribution in [-0.2, 0) is 4.79 Å². The molecule has 2 amide bonds. The van der Waals surface area contributed by atoms with Gasteiger partial charge >= 0.3 is 0 Å². The Hall–Kier alpha value is -3.52. The SMILES string of the molecule is COc1ccc(NC(=O)CSc2cccc(NC(=O)c3ccccc3F)c2)c(OC)c1. The molecule has 0 heterocycles. The first-order valence-electron chi connectivity index (χ1n) is 9.31. The van der Waals surface area contributed by atoms with Crippen molar-refractivity contribution in [2.24, 2.45) is 0 Å². The van der Waals surface area contributed by atoms with Crippen molar-refractivity contribution in [3.05, 3.63) is 78.1 Å². The Morgan fingerprint density at radius 1 is 0.935 bits per heavy atom. The molecular formula is C23H21FN2O4S. The molecule has 0 radical (unpaired) electrons.